The lowest BCUT2D eigenvalue weighted by Gasteiger charge is -2.14. The van der Waals surface area contributed by atoms with Crippen molar-refractivity contribution in [3.63, 3.8) is 0 Å². The molecule has 0 radical (unpaired) electrons. The second kappa shape index (κ2) is 5.50. The predicted octanol–water partition coefficient (Wildman–Crippen LogP) is 0.460. The summed E-state index contributed by atoms with van der Waals surface area (Å²) in [5.74, 6) is 1.43. The molecule has 0 aromatic carbocycles. The Morgan fingerprint density at radius 1 is 1.38 bits per heavy atom. The van der Waals surface area contributed by atoms with Crippen molar-refractivity contribution in [1.82, 2.24) is 9.97 Å². The van der Waals surface area contributed by atoms with E-state index in [-0.39, 0.29) is 5.95 Å². The first-order chi connectivity index (χ1) is 7.47. The number of hydrogen-bond acceptors (Lipinski definition) is 6. The number of aliphatic hydroxyl groups is 1. The second-order valence-corrected chi connectivity index (χ2v) is 4.20. The van der Waals surface area contributed by atoms with Crippen molar-refractivity contribution < 1.29 is 5.11 Å². The molecule has 0 saturated carbocycles. The van der Waals surface area contributed by atoms with Crippen LogP contribution in [-0.4, -0.2) is 27.7 Å². The van der Waals surface area contributed by atoms with Gasteiger partial charge in [-0.2, -0.15) is 9.97 Å². The number of nitrogens with zero attached hydrogens (tertiary/aromatic N) is 2. The Kier molecular flexibility index (Phi) is 4.30. The molecule has 0 spiro atoms. The third kappa shape index (κ3) is 4.31. The van der Waals surface area contributed by atoms with Crippen LogP contribution in [-0.2, 0) is 0 Å². The molecule has 90 valence electrons. The van der Waals surface area contributed by atoms with E-state index < -0.39 is 6.10 Å². The van der Waals surface area contributed by atoms with Crippen LogP contribution in [0.1, 0.15) is 20.3 Å². The van der Waals surface area contributed by atoms with E-state index in [2.05, 4.69) is 29.1 Å². The molecule has 0 aliphatic heterocycles. The van der Waals surface area contributed by atoms with Gasteiger partial charge >= 0.3 is 0 Å². The van der Waals surface area contributed by atoms with Gasteiger partial charge in [-0.15, -0.1) is 0 Å². The first-order valence-electron chi connectivity index (χ1n) is 5.29. The summed E-state index contributed by atoms with van der Waals surface area (Å²) in [5.41, 5.74) is 11.0. The fourth-order valence-electron chi connectivity index (χ4n) is 1.43. The van der Waals surface area contributed by atoms with Crippen molar-refractivity contribution in [2.75, 3.05) is 23.3 Å². The highest BCUT2D eigenvalue weighted by Gasteiger charge is 2.07. The van der Waals surface area contributed by atoms with E-state index >= 15 is 0 Å². The Hall–Kier alpha value is -1.56. The molecule has 0 aliphatic carbocycles. The number of aromatic nitrogens is 2. The van der Waals surface area contributed by atoms with Gasteiger partial charge in [0.25, 0.3) is 0 Å². The van der Waals surface area contributed by atoms with Gasteiger partial charge in [0.15, 0.2) is 0 Å². The van der Waals surface area contributed by atoms with Crippen molar-refractivity contribution >= 4 is 17.6 Å². The zero-order valence-electron chi connectivity index (χ0n) is 9.64. The summed E-state index contributed by atoms with van der Waals surface area (Å²) in [6.45, 7) is 4.54. The van der Waals surface area contributed by atoms with Crippen LogP contribution in [0.2, 0.25) is 0 Å². The van der Waals surface area contributed by atoms with E-state index in [0.717, 1.165) is 6.42 Å². The van der Waals surface area contributed by atoms with E-state index in [9.17, 15) is 5.11 Å². The third-order valence-corrected chi connectivity index (χ3v) is 2.03. The van der Waals surface area contributed by atoms with Gasteiger partial charge in [0.2, 0.25) is 5.95 Å². The van der Waals surface area contributed by atoms with Crippen LogP contribution >= 0.6 is 0 Å². The smallest absolute Gasteiger partial charge is 0.223 e. The molecule has 1 unspecified atom stereocenters. The first kappa shape index (κ1) is 12.5. The number of nitrogens with one attached hydrogen (secondary N) is 1. The molecule has 1 heterocycles. The summed E-state index contributed by atoms with van der Waals surface area (Å²) in [4.78, 5) is 7.70. The maximum absolute atomic E-state index is 9.65. The van der Waals surface area contributed by atoms with Crippen LogP contribution in [0.4, 0.5) is 17.6 Å². The standard InChI is InChI=1S/C10H19N5O/c1-6(2)3-7(16)5-13-9-4-8(11)14-10(12)15-9/h4,6-7,16H,3,5H2,1-2H3,(H5,11,12,13,14,15). The molecule has 1 aromatic rings. The first-order valence-corrected chi connectivity index (χ1v) is 5.29. The molecular formula is C10H19N5O. The summed E-state index contributed by atoms with van der Waals surface area (Å²) in [6, 6.07) is 1.58. The second-order valence-electron chi connectivity index (χ2n) is 4.20. The van der Waals surface area contributed by atoms with E-state index in [1.165, 1.54) is 0 Å². The Balaban J connectivity index is 2.48. The van der Waals surface area contributed by atoms with Gasteiger partial charge in [-0.05, 0) is 12.3 Å². The molecule has 1 atom stereocenters. The van der Waals surface area contributed by atoms with Crippen LogP contribution < -0.4 is 16.8 Å². The quantitative estimate of drug-likeness (QED) is 0.579. The van der Waals surface area contributed by atoms with Gasteiger partial charge in [-0.3, -0.25) is 0 Å². The number of anilines is 3. The predicted molar refractivity (Wildman–Crippen MR) is 64.8 cm³/mol. The summed E-state index contributed by atoms with van der Waals surface area (Å²) in [7, 11) is 0. The van der Waals surface area contributed by atoms with Crippen molar-refractivity contribution in [2.24, 2.45) is 5.92 Å². The Labute approximate surface area is 95.1 Å². The van der Waals surface area contributed by atoms with Crippen molar-refractivity contribution in [2.45, 2.75) is 26.4 Å². The average molecular weight is 225 g/mol. The molecule has 0 aliphatic rings. The highest BCUT2D eigenvalue weighted by Crippen LogP contribution is 2.10. The number of aliphatic hydroxyl groups excluding tert-OH is 1. The molecule has 6 heteroatoms. The van der Waals surface area contributed by atoms with E-state index in [0.29, 0.717) is 24.1 Å². The fraction of sp³-hybridized carbons (Fsp3) is 0.600. The minimum atomic E-state index is -0.405. The molecular weight excluding hydrogens is 206 g/mol. The van der Waals surface area contributed by atoms with Crippen molar-refractivity contribution in [3.8, 4) is 0 Å². The Morgan fingerprint density at radius 2 is 2.06 bits per heavy atom. The van der Waals surface area contributed by atoms with E-state index in [4.69, 9.17) is 11.5 Å². The molecule has 0 bridgehead atoms. The molecule has 0 saturated heterocycles. The van der Waals surface area contributed by atoms with Gasteiger partial charge in [0.1, 0.15) is 11.6 Å². The monoisotopic (exact) mass is 225 g/mol. The molecule has 1 aromatic heterocycles. The van der Waals surface area contributed by atoms with Crippen molar-refractivity contribution in [1.29, 1.82) is 0 Å². The normalized spacial score (nSPS) is 12.8. The van der Waals surface area contributed by atoms with Crippen molar-refractivity contribution in [3.05, 3.63) is 6.07 Å². The fourth-order valence-corrected chi connectivity index (χ4v) is 1.43. The number of nitrogen functional groups attached to an aromatic ring is 2. The number of rotatable bonds is 5. The van der Waals surface area contributed by atoms with Crippen LogP contribution in [0, 0.1) is 5.92 Å². The largest absolute Gasteiger partial charge is 0.391 e. The van der Waals surface area contributed by atoms with Gasteiger partial charge in [0.05, 0.1) is 6.10 Å². The summed E-state index contributed by atoms with van der Waals surface area (Å²) < 4.78 is 0. The molecule has 0 fully saturated rings. The summed E-state index contributed by atoms with van der Waals surface area (Å²) >= 11 is 0. The Morgan fingerprint density at radius 3 is 2.62 bits per heavy atom. The summed E-state index contributed by atoms with van der Waals surface area (Å²) in [5, 5.41) is 12.6. The van der Waals surface area contributed by atoms with Crippen LogP contribution in [0.5, 0.6) is 0 Å². The van der Waals surface area contributed by atoms with E-state index in [1.807, 2.05) is 0 Å². The van der Waals surface area contributed by atoms with Gasteiger partial charge < -0.3 is 21.9 Å². The minimum Gasteiger partial charge on any atom is -0.391 e. The number of nitrogens with two attached hydrogens (primary N) is 2. The maximum atomic E-state index is 9.65. The average Bonchev–Trinajstić information content (AvgIpc) is 2.12. The highest BCUT2D eigenvalue weighted by molar-refractivity contribution is 5.48. The topological polar surface area (TPSA) is 110 Å². The number of hydrogen-bond donors (Lipinski definition) is 4. The Bertz CT molecular complexity index is 322. The lowest BCUT2D eigenvalue weighted by atomic mass is 10.1. The zero-order valence-corrected chi connectivity index (χ0v) is 9.64. The molecule has 6 N–H and O–H groups in total. The van der Waals surface area contributed by atoms with Gasteiger partial charge in [-0.1, -0.05) is 13.8 Å². The van der Waals surface area contributed by atoms with E-state index in [1.54, 1.807) is 6.07 Å². The van der Waals surface area contributed by atoms with Crippen LogP contribution in [0.15, 0.2) is 6.07 Å². The molecule has 16 heavy (non-hydrogen) atoms. The summed E-state index contributed by atoms with van der Waals surface area (Å²) in [6.07, 6.45) is 0.334. The van der Waals surface area contributed by atoms with Gasteiger partial charge in [0, 0.05) is 12.6 Å². The van der Waals surface area contributed by atoms with Crippen LogP contribution in [0.3, 0.4) is 0 Å². The minimum absolute atomic E-state index is 0.126. The maximum Gasteiger partial charge on any atom is 0.223 e. The van der Waals surface area contributed by atoms with Crippen LogP contribution in [0.25, 0.3) is 0 Å². The SMILES string of the molecule is CC(C)CC(O)CNc1cc(N)nc(N)n1. The highest BCUT2D eigenvalue weighted by atomic mass is 16.3. The molecule has 1 rings (SSSR count). The molecule has 0 amide bonds. The lowest BCUT2D eigenvalue weighted by molar-refractivity contribution is 0.161. The molecule has 6 nitrogen and oxygen atoms in total. The third-order valence-electron chi connectivity index (χ3n) is 2.03. The van der Waals surface area contributed by atoms with Gasteiger partial charge in [-0.25, -0.2) is 0 Å². The lowest BCUT2D eigenvalue weighted by Crippen LogP contribution is -2.22. The zero-order chi connectivity index (χ0) is 12.1.